The minimum absolute atomic E-state index is 0.151. The molecule has 0 spiro atoms. The molecule has 18 heavy (non-hydrogen) atoms. The predicted octanol–water partition coefficient (Wildman–Crippen LogP) is 1.52. The van der Waals surface area contributed by atoms with Crippen LogP contribution in [0, 0.1) is 0 Å². The van der Waals surface area contributed by atoms with E-state index in [0.29, 0.717) is 18.7 Å². The van der Waals surface area contributed by atoms with Gasteiger partial charge in [0.25, 0.3) is 0 Å². The van der Waals surface area contributed by atoms with Crippen LogP contribution in [0.5, 0.6) is 0 Å². The third-order valence-electron chi connectivity index (χ3n) is 3.02. The first-order valence-electron chi connectivity index (χ1n) is 5.89. The van der Waals surface area contributed by atoms with Gasteiger partial charge in [0.05, 0.1) is 11.5 Å². The average Bonchev–Trinajstić information content (AvgIpc) is 2.39. The average molecular weight is 267 g/mol. The van der Waals surface area contributed by atoms with E-state index >= 15 is 0 Å². The molecule has 1 heterocycles. The van der Waals surface area contributed by atoms with Crippen LogP contribution in [-0.2, 0) is 16.6 Å². The molecule has 1 N–H and O–H groups in total. The van der Waals surface area contributed by atoms with E-state index < -0.39 is 10.0 Å². The lowest BCUT2D eigenvalue weighted by Gasteiger charge is -2.25. The number of nitrogens with zero attached hydrogens (tertiary/aromatic N) is 1. The van der Waals surface area contributed by atoms with Gasteiger partial charge in [-0.15, -0.1) is 0 Å². The van der Waals surface area contributed by atoms with Gasteiger partial charge in [-0.25, -0.2) is 8.42 Å². The summed E-state index contributed by atoms with van der Waals surface area (Å²) in [6.07, 6.45) is 2.82. The van der Waals surface area contributed by atoms with Gasteiger partial charge in [-0.2, -0.15) is 4.31 Å². The topological polar surface area (TPSA) is 57.6 Å². The fraction of sp³-hybridized carbons (Fsp3) is 0.385. The molecule has 0 fully saturated rings. The molecule has 0 amide bonds. The van der Waals surface area contributed by atoms with Gasteiger partial charge in [-0.3, -0.25) is 0 Å². The molecular weight excluding hydrogens is 250 g/mol. The molecule has 0 radical (unpaired) electrons. The number of sulfonamides is 1. The minimum Gasteiger partial charge on any atom is -0.392 e. The molecular formula is C13H17NO3S. The van der Waals surface area contributed by atoms with E-state index in [2.05, 4.69) is 6.08 Å². The van der Waals surface area contributed by atoms with Gasteiger partial charge in [0.2, 0.25) is 10.0 Å². The lowest BCUT2D eigenvalue weighted by Crippen LogP contribution is -2.35. The highest BCUT2D eigenvalue weighted by Gasteiger charge is 2.25. The number of rotatable bonds is 3. The Morgan fingerprint density at radius 1 is 1.39 bits per heavy atom. The first-order chi connectivity index (χ1) is 8.54. The molecule has 2 rings (SSSR count). The Morgan fingerprint density at radius 3 is 2.83 bits per heavy atom. The van der Waals surface area contributed by atoms with Crippen molar-refractivity contribution in [2.75, 3.05) is 13.1 Å². The Kier molecular flexibility index (Phi) is 3.85. The molecule has 1 aliphatic heterocycles. The lowest BCUT2D eigenvalue weighted by atomic mass is 10.2. The molecule has 98 valence electrons. The van der Waals surface area contributed by atoms with Crippen LogP contribution in [0.2, 0.25) is 0 Å². The standard InChI is InChI=1S/C13H17NO3S/c1-11-4-3-7-14(9-11)18(16,17)13-6-2-5-12(8-13)10-15/h2,4-6,8,15H,3,7,9-10H2,1H3. The van der Waals surface area contributed by atoms with Crippen molar-refractivity contribution in [2.24, 2.45) is 0 Å². The van der Waals surface area contributed by atoms with Crippen LogP contribution in [0.25, 0.3) is 0 Å². The maximum atomic E-state index is 12.4. The molecule has 0 bridgehead atoms. The zero-order valence-electron chi connectivity index (χ0n) is 10.3. The maximum absolute atomic E-state index is 12.4. The van der Waals surface area contributed by atoms with Gasteiger partial charge in [0, 0.05) is 13.1 Å². The molecule has 1 aromatic rings. The van der Waals surface area contributed by atoms with Gasteiger partial charge in [0.1, 0.15) is 0 Å². The highest BCUT2D eigenvalue weighted by molar-refractivity contribution is 7.89. The van der Waals surface area contributed by atoms with Crippen LogP contribution in [0.1, 0.15) is 18.9 Å². The van der Waals surface area contributed by atoms with Crippen molar-refractivity contribution in [3.63, 3.8) is 0 Å². The molecule has 4 nitrogen and oxygen atoms in total. The first-order valence-corrected chi connectivity index (χ1v) is 7.33. The van der Waals surface area contributed by atoms with Crippen LogP contribution < -0.4 is 0 Å². The quantitative estimate of drug-likeness (QED) is 0.845. The number of hydrogen-bond donors (Lipinski definition) is 1. The van der Waals surface area contributed by atoms with E-state index in [1.807, 2.05) is 6.92 Å². The smallest absolute Gasteiger partial charge is 0.243 e. The zero-order valence-corrected chi connectivity index (χ0v) is 11.2. The zero-order chi connectivity index (χ0) is 13.2. The van der Waals surface area contributed by atoms with Gasteiger partial charge in [0.15, 0.2) is 0 Å². The van der Waals surface area contributed by atoms with Crippen molar-refractivity contribution in [2.45, 2.75) is 24.8 Å². The van der Waals surface area contributed by atoms with E-state index in [-0.39, 0.29) is 11.5 Å². The second-order valence-electron chi connectivity index (χ2n) is 4.48. The summed E-state index contributed by atoms with van der Waals surface area (Å²) in [6, 6.07) is 6.47. The third kappa shape index (κ3) is 2.63. The van der Waals surface area contributed by atoms with Crippen LogP contribution in [0.3, 0.4) is 0 Å². The van der Waals surface area contributed by atoms with Gasteiger partial charge >= 0.3 is 0 Å². The van der Waals surface area contributed by atoms with Gasteiger partial charge < -0.3 is 5.11 Å². The number of hydrogen-bond acceptors (Lipinski definition) is 3. The molecule has 1 aromatic carbocycles. The summed E-state index contributed by atoms with van der Waals surface area (Å²) in [5.74, 6) is 0. The normalized spacial score (nSPS) is 17.6. The number of aliphatic hydroxyl groups excluding tert-OH is 1. The summed E-state index contributed by atoms with van der Waals surface area (Å²) in [5, 5.41) is 9.06. The van der Waals surface area contributed by atoms with Crippen molar-refractivity contribution >= 4 is 10.0 Å². The summed E-state index contributed by atoms with van der Waals surface area (Å²) in [5.41, 5.74) is 1.68. The summed E-state index contributed by atoms with van der Waals surface area (Å²) >= 11 is 0. The first kappa shape index (κ1) is 13.3. The summed E-state index contributed by atoms with van der Waals surface area (Å²) < 4.78 is 26.3. The lowest BCUT2D eigenvalue weighted by molar-refractivity contribution is 0.281. The van der Waals surface area contributed by atoms with Gasteiger partial charge in [-0.1, -0.05) is 23.8 Å². The monoisotopic (exact) mass is 267 g/mol. The molecule has 0 saturated carbocycles. The summed E-state index contributed by atoms with van der Waals surface area (Å²) in [6.45, 7) is 2.75. The Hall–Kier alpha value is -1.17. The van der Waals surface area contributed by atoms with Crippen molar-refractivity contribution in [1.82, 2.24) is 4.31 Å². The Balaban J connectivity index is 2.33. The largest absolute Gasteiger partial charge is 0.392 e. The Morgan fingerprint density at radius 2 is 2.17 bits per heavy atom. The van der Waals surface area contributed by atoms with Crippen LogP contribution in [0.15, 0.2) is 40.8 Å². The van der Waals surface area contributed by atoms with Crippen molar-refractivity contribution in [3.05, 3.63) is 41.5 Å². The molecule has 0 unspecified atom stereocenters. The van der Waals surface area contributed by atoms with Crippen molar-refractivity contribution in [3.8, 4) is 0 Å². The third-order valence-corrected chi connectivity index (χ3v) is 4.86. The Labute approximate surface area is 108 Å². The second kappa shape index (κ2) is 5.22. The van der Waals surface area contributed by atoms with E-state index in [4.69, 9.17) is 5.11 Å². The highest BCUT2D eigenvalue weighted by atomic mass is 32.2. The minimum atomic E-state index is -3.45. The number of aliphatic hydroxyl groups is 1. The second-order valence-corrected chi connectivity index (χ2v) is 6.42. The summed E-state index contributed by atoms with van der Waals surface area (Å²) in [7, 11) is -3.45. The number of benzene rings is 1. The molecule has 1 aliphatic rings. The van der Waals surface area contributed by atoms with Crippen LogP contribution in [-0.4, -0.2) is 30.9 Å². The molecule has 0 aliphatic carbocycles. The van der Waals surface area contributed by atoms with E-state index in [0.717, 1.165) is 12.0 Å². The van der Waals surface area contributed by atoms with Crippen molar-refractivity contribution in [1.29, 1.82) is 0 Å². The SMILES string of the molecule is CC1=CCCN(S(=O)(=O)c2cccc(CO)c2)C1. The molecule has 0 aromatic heterocycles. The van der Waals surface area contributed by atoms with Crippen molar-refractivity contribution < 1.29 is 13.5 Å². The van der Waals surface area contributed by atoms with Gasteiger partial charge in [-0.05, 0) is 31.0 Å². The molecule has 5 heteroatoms. The van der Waals surface area contributed by atoms with E-state index in [1.54, 1.807) is 18.2 Å². The maximum Gasteiger partial charge on any atom is 0.243 e. The fourth-order valence-corrected chi connectivity index (χ4v) is 3.60. The summed E-state index contributed by atoms with van der Waals surface area (Å²) in [4.78, 5) is 0.253. The van der Waals surface area contributed by atoms with E-state index in [1.165, 1.54) is 10.4 Å². The molecule has 0 saturated heterocycles. The van der Waals surface area contributed by atoms with E-state index in [9.17, 15) is 8.42 Å². The highest BCUT2D eigenvalue weighted by Crippen LogP contribution is 2.21. The fourth-order valence-electron chi connectivity index (χ4n) is 2.04. The van der Waals surface area contributed by atoms with Crippen LogP contribution >= 0.6 is 0 Å². The molecule has 0 atom stereocenters. The predicted molar refractivity (Wildman–Crippen MR) is 69.5 cm³/mol. The Bertz CT molecular complexity index is 563. The van der Waals surface area contributed by atoms with Crippen LogP contribution in [0.4, 0.5) is 0 Å².